The van der Waals surface area contributed by atoms with Crippen LogP contribution in [0.15, 0.2) is 22.7 Å². The predicted molar refractivity (Wildman–Crippen MR) is 76.1 cm³/mol. The molecule has 0 amide bonds. The molecule has 0 aliphatic carbocycles. The molecule has 1 aromatic carbocycles. The molecule has 1 heterocycles. The van der Waals surface area contributed by atoms with Crippen molar-refractivity contribution < 1.29 is 4.39 Å². The van der Waals surface area contributed by atoms with Crippen molar-refractivity contribution in [2.24, 2.45) is 0 Å². The highest BCUT2D eigenvalue weighted by Gasteiger charge is 2.17. The van der Waals surface area contributed by atoms with Gasteiger partial charge in [-0.05, 0) is 59.6 Å². The standard InChI is InChI=1S/C14H20BrFN2/c1-2-18(10-12-4-3-7-17-12)9-11-5-6-13(15)14(16)8-11/h5-6,8,12,17H,2-4,7,9-10H2,1H3. The van der Waals surface area contributed by atoms with Crippen LogP contribution < -0.4 is 5.32 Å². The number of rotatable bonds is 5. The molecule has 0 radical (unpaired) electrons. The Kier molecular flexibility index (Phi) is 5.15. The van der Waals surface area contributed by atoms with Crippen molar-refractivity contribution in [3.63, 3.8) is 0 Å². The highest BCUT2D eigenvalue weighted by molar-refractivity contribution is 9.10. The van der Waals surface area contributed by atoms with Gasteiger partial charge in [0.1, 0.15) is 5.82 Å². The normalized spacial score (nSPS) is 19.7. The van der Waals surface area contributed by atoms with Crippen LogP contribution in [0.5, 0.6) is 0 Å². The first kappa shape index (κ1) is 14.0. The lowest BCUT2D eigenvalue weighted by molar-refractivity contribution is 0.253. The van der Waals surface area contributed by atoms with Crippen LogP contribution in [0.25, 0.3) is 0 Å². The van der Waals surface area contributed by atoms with Crippen molar-refractivity contribution in [3.8, 4) is 0 Å². The summed E-state index contributed by atoms with van der Waals surface area (Å²) in [5.41, 5.74) is 1.04. The molecule has 1 saturated heterocycles. The van der Waals surface area contributed by atoms with Gasteiger partial charge < -0.3 is 5.32 Å². The van der Waals surface area contributed by atoms with Gasteiger partial charge in [-0.1, -0.05) is 13.0 Å². The fourth-order valence-corrected chi connectivity index (χ4v) is 2.67. The molecule has 0 saturated carbocycles. The molecular weight excluding hydrogens is 295 g/mol. The van der Waals surface area contributed by atoms with Gasteiger partial charge in [0.25, 0.3) is 0 Å². The molecule has 1 unspecified atom stereocenters. The van der Waals surface area contributed by atoms with Crippen LogP contribution in [-0.4, -0.2) is 30.6 Å². The molecule has 2 nitrogen and oxygen atoms in total. The second-order valence-electron chi connectivity index (χ2n) is 4.87. The molecule has 1 aliphatic rings. The first-order valence-electron chi connectivity index (χ1n) is 6.58. The van der Waals surface area contributed by atoms with Crippen molar-refractivity contribution in [2.45, 2.75) is 32.4 Å². The minimum Gasteiger partial charge on any atom is -0.313 e. The van der Waals surface area contributed by atoms with Crippen molar-refractivity contribution in [1.82, 2.24) is 10.2 Å². The molecule has 1 fully saturated rings. The van der Waals surface area contributed by atoms with Gasteiger partial charge in [-0.3, -0.25) is 4.90 Å². The third-order valence-electron chi connectivity index (χ3n) is 3.48. The van der Waals surface area contributed by atoms with Crippen LogP contribution in [-0.2, 0) is 6.54 Å². The smallest absolute Gasteiger partial charge is 0.137 e. The maximum absolute atomic E-state index is 13.5. The number of hydrogen-bond acceptors (Lipinski definition) is 2. The van der Waals surface area contributed by atoms with Gasteiger partial charge >= 0.3 is 0 Å². The zero-order valence-corrected chi connectivity index (χ0v) is 12.3. The lowest BCUT2D eigenvalue weighted by Crippen LogP contribution is -2.37. The summed E-state index contributed by atoms with van der Waals surface area (Å²) in [4.78, 5) is 2.37. The summed E-state index contributed by atoms with van der Waals surface area (Å²) in [6.07, 6.45) is 2.53. The second kappa shape index (κ2) is 6.64. The van der Waals surface area contributed by atoms with Gasteiger partial charge in [-0.25, -0.2) is 4.39 Å². The quantitative estimate of drug-likeness (QED) is 0.898. The number of nitrogens with one attached hydrogen (secondary N) is 1. The Morgan fingerprint density at radius 2 is 2.33 bits per heavy atom. The van der Waals surface area contributed by atoms with Crippen LogP contribution in [0.4, 0.5) is 4.39 Å². The Labute approximate surface area is 117 Å². The van der Waals surface area contributed by atoms with Crippen molar-refractivity contribution in [3.05, 3.63) is 34.1 Å². The lowest BCUT2D eigenvalue weighted by Gasteiger charge is -2.24. The lowest BCUT2D eigenvalue weighted by atomic mass is 10.1. The minimum atomic E-state index is -0.178. The largest absolute Gasteiger partial charge is 0.313 e. The summed E-state index contributed by atoms with van der Waals surface area (Å²) in [6, 6.07) is 5.99. The van der Waals surface area contributed by atoms with E-state index in [4.69, 9.17) is 0 Å². The summed E-state index contributed by atoms with van der Waals surface area (Å²) < 4.78 is 14.0. The van der Waals surface area contributed by atoms with Crippen LogP contribution >= 0.6 is 15.9 Å². The number of halogens is 2. The molecule has 100 valence electrons. The SMILES string of the molecule is CCN(Cc1ccc(Br)c(F)c1)CC1CCCN1. The van der Waals surface area contributed by atoms with Gasteiger partial charge in [-0.2, -0.15) is 0 Å². The Balaban J connectivity index is 1.94. The zero-order chi connectivity index (χ0) is 13.0. The summed E-state index contributed by atoms with van der Waals surface area (Å²) in [5.74, 6) is -0.178. The molecule has 1 aromatic rings. The van der Waals surface area contributed by atoms with Gasteiger partial charge in [0.05, 0.1) is 4.47 Å². The number of likely N-dealkylation sites (N-methyl/N-ethyl adjacent to an activating group) is 1. The summed E-state index contributed by atoms with van der Waals surface area (Å²) in [5, 5.41) is 3.50. The molecular formula is C14H20BrFN2. The fraction of sp³-hybridized carbons (Fsp3) is 0.571. The average molecular weight is 315 g/mol. The highest BCUT2D eigenvalue weighted by atomic mass is 79.9. The molecule has 1 atom stereocenters. The Morgan fingerprint density at radius 3 is 2.94 bits per heavy atom. The molecule has 1 N–H and O–H groups in total. The molecule has 4 heteroatoms. The van der Waals surface area contributed by atoms with Crippen molar-refractivity contribution in [1.29, 1.82) is 0 Å². The fourth-order valence-electron chi connectivity index (χ4n) is 2.43. The van der Waals surface area contributed by atoms with E-state index >= 15 is 0 Å². The van der Waals surface area contributed by atoms with Gasteiger partial charge in [-0.15, -0.1) is 0 Å². The number of benzene rings is 1. The molecule has 18 heavy (non-hydrogen) atoms. The van der Waals surface area contributed by atoms with E-state index in [1.54, 1.807) is 12.1 Å². The van der Waals surface area contributed by atoms with Crippen LogP contribution in [0.2, 0.25) is 0 Å². The van der Waals surface area contributed by atoms with E-state index in [2.05, 4.69) is 33.1 Å². The molecule has 1 aliphatic heterocycles. The third-order valence-corrected chi connectivity index (χ3v) is 4.12. The zero-order valence-electron chi connectivity index (χ0n) is 10.8. The maximum atomic E-state index is 13.5. The van der Waals surface area contributed by atoms with Crippen molar-refractivity contribution in [2.75, 3.05) is 19.6 Å². The molecule has 0 bridgehead atoms. The van der Waals surface area contributed by atoms with Gasteiger partial charge in [0, 0.05) is 19.1 Å². The summed E-state index contributed by atoms with van der Waals surface area (Å²) >= 11 is 3.18. The van der Waals surface area contributed by atoms with E-state index in [0.29, 0.717) is 10.5 Å². The topological polar surface area (TPSA) is 15.3 Å². The monoisotopic (exact) mass is 314 g/mol. The van der Waals surface area contributed by atoms with Crippen LogP contribution in [0.1, 0.15) is 25.3 Å². The Bertz CT molecular complexity index is 391. The number of hydrogen-bond donors (Lipinski definition) is 1. The van der Waals surface area contributed by atoms with Crippen LogP contribution in [0, 0.1) is 5.82 Å². The highest BCUT2D eigenvalue weighted by Crippen LogP contribution is 2.18. The molecule has 0 aromatic heterocycles. The van der Waals surface area contributed by atoms with E-state index in [1.165, 1.54) is 12.8 Å². The molecule has 2 rings (SSSR count). The van der Waals surface area contributed by atoms with Crippen molar-refractivity contribution >= 4 is 15.9 Å². The van der Waals surface area contributed by atoms with E-state index < -0.39 is 0 Å². The second-order valence-corrected chi connectivity index (χ2v) is 5.72. The Morgan fingerprint density at radius 1 is 1.50 bits per heavy atom. The predicted octanol–water partition coefficient (Wildman–Crippen LogP) is 3.16. The first-order chi connectivity index (χ1) is 8.69. The first-order valence-corrected chi connectivity index (χ1v) is 7.38. The third kappa shape index (κ3) is 3.77. The average Bonchev–Trinajstić information content (AvgIpc) is 2.86. The minimum absolute atomic E-state index is 0.178. The van der Waals surface area contributed by atoms with Crippen LogP contribution in [0.3, 0.4) is 0 Å². The Hall–Kier alpha value is -0.450. The van der Waals surface area contributed by atoms with E-state index in [-0.39, 0.29) is 5.82 Å². The van der Waals surface area contributed by atoms with E-state index in [9.17, 15) is 4.39 Å². The summed E-state index contributed by atoms with van der Waals surface area (Å²) in [7, 11) is 0. The maximum Gasteiger partial charge on any atom is 0.137 e. The van der Waals surface area contributed by atoms with Gasteiger partial charge in [0.2, 0.25) is 0 Å². The number of nitrogens with zero attached hydrogens (tertiary/aromatic N) is 1. The van der Waals surface area contributed by atoms with E-state index in [1.807, 2.05) is 6.07 Å². The van der Waals surface area contributed by atoms with Gasteiger partial charge in [0.15, 0.2) is 0 Å². The summed E-state index contributed by atoms with van der Waals surface area (Å²) in [6.45, 7) is 6.15. The van der Waals surface area contributed by atoms with E-state index in [0.717, 1.165) is 31.7 Å². The molecule has 0 spiro atoms.